The Kier molecular flexibility index (Phi) is 11.7. The SMILES string of the molecule is CC(C)c1cc(-c2n[nH]c(=O)n2-c2cnc(N3CCOCC3)nc2)c(O)cc1O.Cc1cc(C)c(C(C)C)cc1-c1n[nH]c(=O)n1-c1cnc(N2CCOCC2)nc1. The molecule has 0 bridgehead atoms. The van der Waals surface area contributed by atoms with Crippen molar-refractivity contribution in [1.82, 2.24) is 49.5 Å². The molecule has 0 spiro atoms. The molecule has 18 nitrogen and oxygen atoms in total. The lowest BCUT2D eigenvalue weighted by molar-refractivity contribution is 0.122. The highest BCUT2D eigenvalue weighted by molar-refractivity contribution is 5.69. The van der Waals surface area contributed by atoms with Crippen molar-refractivity contribution in [3.63, 3.8) is 0 Å². The van der Waals surface area contributed by atoms with E-state index in [1.165, 1.54) is 26.3 Å². The highest BCUT2D eigenvalue weighted by Gasteiger charge is 2.22. The first-order chi connectivity index (χ1) is 27.9. The van der Waals surface area contributed by atoms with Crippen LogP contribution in [0.2, 0.25) is 0 Å². The quantitative estimate of drug-likeness (QED) is 0.171. The van der Waals surface area contributed by atoms with Gasteiger partial charge in [-0.2, -0.15) is 10.2 Å². The van der Waals surface area contributed by atoms with E-state index in [4.69, 9.17) is 9.47 Å². The number of aromatic amines is 2. The summed E-state index contributed by atoms with van der Waals surface area (Å²) in [6.07, 6.45) is 6.42. The zero-order valence-corrected chi connectivity index (χ0v) is 33.4. The third kappa shape index (κ3) is 8.19. The molecule has 2 saturated heterocycles. The van der Waals surface area contributed by atoms with Gasteiger partial charge in [0.1, 0.15) is 11.5 Å². The maximum Gasteiger partial charge on any atom is 0.348 e. The van der Waals surface area contributed by atoms with Crippen molar-refractivity contribution < 1.29 is 19.7 Å². The van der Waals surface area contributed by atoms with Crippen molar-refractivity contribution in [2.75, 3.05) is 62.4 Å². The summed E-state index contributed by atoms with van der Waals surface area (Å²) in [5.41, 5.74) is 5.63. The van der Waals surface area contributed by atoms with E-state index < -0.39 is 5.69 Å². The van der Waals surface area contributed by atoms with Gasteiger partial charge in [0, 0.05) is 37.8 Å². The van der Waals surface area contributed by atoms with Crippen LogP contribution in [0.25, 0.3) is 34.2 Å². The summed E-state index contributed by atoms with van der Waals surface area (Å²) in [6, 6.07) is 7.16. The minimum atomic E-state index is -0.485. The molecule has 8 rings (SSSR count). The lowest BCUT2D eigenvalue weighted by Crippen LogP contribution is -2.37. The Balaban J connectivity index is 0.000000177. The van der Waals surface area contributed by atoms with Crippen LogP contribution in [0.15, 0.2) is 58.6 Å². The van der Waals surface area contributed by atoms with Gasteiger partial charge in [-0.25, -0.2) is 48.9 Å². The van der Waals surface area contributed by atoms with Crippen molar-refractivity contribution >= 4 is 11.9 Å². The fourth-order valence-corrected chi connectivity index (χ4v) is 7.11. The molecular weight excluding hydrogens is 745 g/mol. The summed E-state index contributed by atoms with van der Waals surface area (Å²) in [7, 11) is 0. The summed E-state index contributed by atoms with van der Waals surface area (Å²) in [5.74, 6) is 2.18. The van der Waals surface area contributed by atoms with Crippen LogP contribution in [0, 0.1) is 13.8 Å². The molecule has 4 aromatic heterocycles. The summed E-state index contributed by atoms with van der Waals surface area (Å²) in [4.78, 5) is 46.8. The van der Waals surface area contributed by atoms with Crippen LogP contribution in [0.5, 0.6) is 11.5 Å². The summed E-state index contributed by atoms with van der Waals surface area (Å²) >= 11 is 0. The van der Waals surface area contributed by atoms with E-state index in [-0.39, 0.29) is 28.9 Å². The van der Waals surface area contributed by atoms with Crippen LogP contribution in [0.4, 0.5) is 11.9 Å². The van der Waals surface area contributed by atoms with Crippen molar-refractivity contribution in [1.29, 1.82) is 0 Å². The number of benzene rings is 2. The van der Waals surface area contributed by atoms with E-state index in [2.05, 4.69) is 78.1 Å². The minimum Gasteiger partial charge on any atom is -0.508 e. The predicted octanol–water partition coefficient (Wildman–Crippen LogP) is 3.98. The molecule has 6 heterocycles. The van der Waals surface area contributed by atoms with Crippen LogP contribution in [-0.2, 0) is 9.47 Å². The Labute approximate surface area is 334 Å². The largest absolute Gasteiger partial charge is 0.508 e. The topological polar surface area (TPSA) is 218 Å². The first-order valence-corrected chi connectivity index (χ1v) is 19.2. The number of aromatic hydroxyl groups is 2. The number of aromatic nitrogens is 10. The van der Waals surface area contributed by atoms with Gasteiger partial charge in [0.15, 0.2) is 11.6 Å². The number of phenolic OH excluding ortho intramolecular Hbond substituents is 2. The molecule has 0 radical (unpaired) electrons. The van der Waals surface area contributed by atoms with E-state index in [1.54, 1.807) is 30.9 Å². The number of rotatable bonds is 8. The first kappa shape index (κ1) is 39.8. The number of nitrogens with zero attached hydrogens (tertiary/aromatic N) is 10. The van der Waals surface area contributed by atoms with E-state index in [0.29, 0.717) is 85.7 Å². The third-order valence-electron chi connectivity index (χ3n) is 10.2. The molecule has 0 aliphatic carbocycles. The highest BCUT2D eigenvalue weighted by atomic mass is 16.5. The average molecular weight is 793 g/mol. The van der Waals surface area contributed by atoms with E-state index in [9.17, 15) is 19.8 Å². The molecule has 0 unspecified atom stereocenters. The number of aryl methyl sites for hydroxylation is 2. The monoisotopic (exact) mass is 792 g/mol. The molecule has 18 heteroatoms. The Morgan fingerprint density at radius 2 is 1.02 bits per heavy atom. The standard InChI is InChI=1S/C21H26N6O2.C19H22N6O4/c1-13(2)17-10-18(15(4)9-14(17)3)19-24-25-21(28)27(19)16-11-22-20(23-12-16)26-5-7-29-8-6-26;1-11(2)13-7-14(16(27)8-15(13)26)17-22-23-19(28)25(17)12-9-20-18(21-10-12)24-3-5-29-6-4-24/h9-13H,5-8H2,1-4H3,(H,25,28);7-11,26-27H,3-6H2,1-2H3,(H,23,28). The zero-order valence-electron chi connectivity index (χ0n) is 33.4. The van der Waals surface area contributed by atoms with Gasteiger partial charge in [-0.15, -0.1) is 0 Å². The molecule has 58 heavy (non-hydrogen) atoms. The van der Waals surface area contributed by atoms with Gasteiger partial charge in [-0.1, -0.05) is 33.8 Å². The highest BCUT2D eigenvalue weighted by Crippen LogP contribution is 2.37. The van der Waals surface area contributed by atoms with Crippen molar-refractivity contribution in [3.05, 3.63) is 92.3 Å². The smallest absolute Gasteiger partial charge is 0.348 e. The maximum atomic E-state index is 12.6. The normalized spacial score (nSPS) is 14.6. The van der Waals surface area contributed by atoms with Gasteiger partial charge in [0.25, 0.3) is 0 Å². The zero-order chi connectivity index (χ0) is 41.1. The lowest BCUT2D eigenvalue weighted by atomic mass is 9.93. The molecule has 0 saturated carbocycles. The fraction of sp³-hybridized carbons (Fsp3) is 0.400. The number of H-pyrrole nitrogens is 2. The third-order valence-corrected chi connectivity index (χ3v) is 10.2. The van der Waals surface area contributed by atoms with Crippen molar-refractivity contribution in [3.8, 4) is 45.6 Å². The molecule has 2 aliphatic rings. The lowest BCUT2D eigenvalue weighted by Gasteiger charge is -2.26. The van der Waals surface area contributed by atoms with Crippen LogP contribution in [0.1, 0.15) is 61.8 Å². The number of hydrogen-bond acceptors (Lipinski definition) is 14. The predicted molar refractivity (Wildman–Crippen MR) is 217 cm³/mol. The van der Waals surface area contributed by atoms with Crippen LogP contribution < -0.4 is 21.2 Å². The number of nitrogens with one attached hydrogen (secondary N) is 2. The van der Waals surface area contributed by atoms with Crippen LogP contribution >= 0.6 is 0 Å². The fourth-order valence-electron chi connectivity index (χ4n) is 7.11. The second kappa shape index (κ2) is 17.0. The van der Waals surface area contributed by atoms with Gasteiger partial charge in [-0.3, -0.25) is 0 Å². The molecule has 2 aromatic carbocycles. The Hall–Kier alpha value is -6.40. The number of ether oxygens (including phenoxy) is 2. The molecule has 2 fully saturated rings. The molecule has 304 valence electrons. The van der Waals surface area contributed by atoms with Gasteiger partial charge >= 0.3 is 11.4 Å². The van der Waals surface area contributed by atoms with Crippen molar-refractivity contribution in [2.45, 2.75) is 53.4 Å². The van der Waals surface area contributed by atoms with E-state index >= 15 is 0 Å². The van der Waals surface area contributed by atoms with Gasteiger partial charge in [0.05, 0.1) is 68.2 Å². The Bertz CT molecular complexity index is 2300. The van der Waals surface area contributed by atoms with Crippen molar-refractivity contribution in [2.24, 2.45) is 0 Å². The van der Waals surface area contributed by atoms with Crippen LogP contribution in [0.3, 0.4) is 0 Å². The van der Waals surface area contributed by atoms with E-state index in [0.717, 1.165) is 24.2 Å². The summed E-state index contributed by atoms with van der Waals surface area (Å²) < 4.78 is 13.5. The second-order valence-electron chi connectivity index (χ2n) is 14.8. The molecule has 2 aliphatic heterocycles. The molecule has 0 amide bonds. The second-order valence-corrected chi connectivity index (χ2v) is 14.8. The average Bonchev–Trinajstić information content (AvgIpc) is 3.80. The molecule has 6 aromatic rings. The molecular formula is C40H48N12O6. The summed E-state index contributed by atoms with van der Waals surface area (Å²) in [5, 5.41) is 33.8. The summed E-state index contributed by atoms with van der Waals surface area (Å²) in [6.45, 7) is 17.8. The molecule has 4 N–H and O–H groups in total. The number of anilines is 2. The number of hydrogen-bond donors (Lipinski definition) is 4. The minimum absolute atomic E-state index is 0.0103. The molecule has 0 atom stereocenters. The van der Waals surface area contributed by atoms with Gasteiger partial charge in [0.2, 0.25) is 11.9 Å². The first-order valence-electron chi connectivity index (χ1n) is 19.2. The Morgan fingerprint density at radius 1 is 0.586 bits per heavy atom. The van der Waals surface area contributed by atoms with Gasteiger partial charge < -0.3 is 29.5 Å². The number of phenols is 2. The van der Waals surface area contributed by atoms with Crippen LogP contribution in [-0.4, -0.2) is 112 Å². The number of morpholine rings is 2. The van der Waals surface area contributed by atoms with Gasteiger partial charge in [-0.05, 0) is 60.1 Å². The van der Waals surface area contributed by atoms with E-state index in [1.807, 2.05) is 25.7 Å². The Morgan fingerprint density at radius 3 is 1.47 bits per heavy atom. The maximum absolute atomic E-state index is 12.6.